The van der Waals surface area contributed by atoms with Gasteiger partial charge in [0.15, 0.2) is 0 Å². The van der Waals surface area contributed by atoms with Crippen LogP contribution < -0.4 is 10.8 Å². The van der Waals surface area contributed by atoms with Crippen LogP contribution in [-0.4, -0.2) is 23.7 Å². The Balaban J connectivity index is 2.58. The van der Waals surface area contributed by atoms with E-state index in [4.69, 9.17) is 5.21 Å². The molecule has 1 aromatic rings. The molecule has 0 aliphatic heterocycles. The van der Waals surface area contributed by atoms with Crippen LogP contribution in [0.25, 0.3) is 0 Å². The van der Waals surface area contributed by atoms with Gasteiger partial charge >= 0.3 is 0 Å². The second-order valence-electron chi connectivity index (χ2n) is 3.27. The normalized spacial score (nSPS) is 12.1. The molecular weight excluding hydrogens is 192 g/mol. The highest BCUT2D eigenvalue weighted by Crippen LogP contribution is 2.02. The molecule has 0 aliphatic carbocycles. The third kappa shape index (κ3) is 3.69. The summed E-state index contributed by atoms with van der Waals surface area (Å²) < 4.78 is 0. The second-order valence-corrected chi connectivity index (χ2v) is 3.27. The summed E-state index contributed by atoms with van der Waals surface area (Å²) in [6.07, 6.45) is 0.475. The zero-order valence-corrected chi connectivity index (χ0v) is 8.73. The third-order valence-corrected chi connectivity index (χ3v) is 2.11. The van der Waals surface area contributed by atoms with E-state index in [9.17, 15) is 4.79 Å². The van der Waals surface area contributed by atoms with Crippen molar-refractivity contribution >= 4 is 5.91 Å². The SMILES string of the molecule is CCNC(=O)[C@@H](Cc1ccccc1)NO. The first kappa shape index (κ1) is 11.7. The van der Waals surface area contributed by atoms with E-state index in [1.165, 1.54) is 0 Å². The van der Waals surface area contributed by atoms with Gasteiger partial charge in [0.05, 0.1) is 0 Å². The molecule has 0 bridgehead atoms. The van der Waals surface area contributed by atoms with Crippen LogP contribution in [-0.2, 0) is 11.2 Å². The van der Waals surface area contributed by atoms with Crippen LogP contribution >= 0.6 is 0 Å². The number of carbonyl (C=O) groups is 1. The van der Waals surface area contributed by atoms with Crippen molar-refractivity contribution in [3.63, 3.8) is 0 Å². The van der Waals surface area contributed by atoms with Gasteiger partial charge in [-0.3, -0.25) is 4.79 Å². The summed E-state index contributed by atoms with van der Waals surface area (Å²) in [5.41, 5.74) is 3.03. The number of likely N-dealkylation sites (N-methyl/N-ethyl adjacent to an activating group) is 1. The fourth-order valence-corrected chi connectivity index (χ4v) is 1.34. The fraction of sp³-hybridized carbons (Fsp3) is 0.364. The lowest BCUT2D eigenvalue weighted by atomic mass is 10.1. The van der Waals surface area contributed by atoms with E-state index < -0.39 is 6.04 Å². The van der Waals surface area contributed by atoms with Crippen LogP contribution in [0.2, 0.25) is 0 Å². The maximum Gasteiger partial charge on any atom is 0.239 e. The minimum absolute atomic E-state index is 0.191. The van der Waals surface area contributed by atoms with Crippen LogP contribution in [0.4, 0.5) is 0 Å². The summed E-state index contributed by atoms with van der Waals surface area (Å²) in [6.45, 7) is 2.40. The van der Waals surface area contributed by atoms with Gasteiger partial charge in [-0.05, 0) is 18.9 Å². The number of carbonyl (C=O) groups excluding carboxylic acids is 1. The zero-order chi connectivity index (χ0) is 11.1. The van der Waals surface area contributed by atoms with E-state index in [1.54, 1.807) is 0 Å². The molecule has 1 atom stereocenters. The minimum atomic E-state index is -0.590. The highest BCUT2D eigenvalue weighted by molar-refractivity contribution is 5.81. The predicted octanol–water partition coefficient (Wildman–Crippen LogP) is 0.713. The van der Waals surface area contributed by atoms with Crippen LogP contribution in [0.3, 0.4) is 0 Å². The predicted molar refractivity (Wildman–Crippen MR) is 57.5 cm³/mol. The van der Waals surface area contributed by atoms with E-state index in [-0.39, 0.29) is 5.91 Å². The van der Waals surface area contributed by atoms with Crippen molar-refractivity contribution in [3.8, 4) is 0 Å². The molecule has 0 unspecified atom stereocenters. The standard InChI is InChI=1S/C11H16N2O2/c1-2-12-11(14)10(13-15)8-9-6-4-3-5-7-9/h3-7,10,13,15H,2,8H2,1H3,(H,12,14)/t10-/m1/s1. The average molecular weight is 208 g/mol. The monoisotopic (exact) mass is 208 g/mol. The van der Waals surface area contributed by atoms with Gasteiger partial charge in [0.25, 0.3) is 0 Å². The third-order valence-electron chi connectivity index (χ3n) is 2.11. The van der Waals surface area contributed by atoms with Crippen LogP contribution in [0, 0.1) is 0 Å². The van der Waals surface area contributed by atoms with E-state index in [0.717, 1.165) is 5.56 Å². The molecule has 0 aromatic heterocycles. The summed E-state index contributed by atoms with van der Waals surface area (Å²) in [7, 11) is 0. The van der Waals surface area contributed by atoms with E-state index in [2.05, 4.69) is 5.32 Å². The molecule has 1 amide bonds. The van der Waals surface area contributed by atoms with Crippen molar-refractivity contribution in [2.75, 3.05) is 6.54 Å². The first-order valence-corrected chi connectivity index (χ1v) is 4.99. The first-order valence-electron chi connectivity index (χ1n) is 4.99. The number of rotatable bonds is 5. The molecule has 0 radical (unpaired) electrons. The Morgan fingerprint density at radius 2 is 2.07 bits per heavy atom. The molecular formula is C11H16N2O2. The molecule has 0 fully saturated rings. The Kier molecular flexibility index (Phi) is 4.80. The number of nitrogens with one attached hydrogen (secondary N) is 2. The summed E-state index contributed by atoms with van der Waals surface area (Å²) in [5, 5.41) is 11.5. The smallest absolute Gasteiger partial charge is 0.239 e. The lowest BCUT2D eigenvalue weighted by Crippen LogP contribution is -2.44. The van der Waals surface area contributed by atoms with Gasteiger partial charge in [0.1, 0.15) is 6.04 Å². The van der Waals surface area contributed by atoms with Gasteiger partial charge in [-0.25, -0.2) is 0 Å². The molecule has 0 heterocycles. The number of benzene rings is 1. The van der Waals surface area contributed by atoms with E-state index in [0.29, 0.717) is 13.0 Å². The summed E-state index contributed by atoms with van der Waals surface area (Å²) in [4.78, 5) is 11.4. The van der Waals surface area contributed by atoms with Crippen LogP contribution in [0.5, 0.6) is 0 Å². The fourth-order valence-electron chi connectivity index (χ4n) is 1.34. The van der Waals surface area contributed by atoms with Crippen molar-refractivity contribution in [1.29, 1.82) is 0 Å². The van der Waals surface area contributed by atoms with Crippen molar-refractivity contribution < 1.29 is 10.0 Å². The first-order chi connectivity index (χ1) is 7.27. The number of hydrogen-bond acceptors (Lipinski definition) is 3. The molecule has 15 heavy (non-hydrogen) atoms. The van der Waals surface area contributed by atoms with Gasteiger partial charge < -0.3 is 10.5 Å². The molecule has 4 nitrogen and oxygen atoms in total. The van der Waals surface area contributed by atoms with Gasteiger partial charge in [-0.1, -0.05) is 30.3 Å². The van der Waals surface area contributed by atoms with Crippen LogP contribution in [0.1, 0.15) is 12.5 Å². The molecule has 82 valence electrons. The number of hydrogen-bond donors (Lipinski definition) is 3. The van der Waals surface area contributed by atoms with Crippen molar-refractivity contribution in [3.05, 3.63) is 35.9 Å². The lowest BCUT2D eigenvalue weighted by Gasteiger charge is -2.14. The summed E-state index contributed by atoms with van der Waals surface area (Å²) in [5.74, 6) is -0.191. The molecule has 3 N–H and O–H groups in total. The lowest BCUT2D eigenvalue weighted by molar-refractivity contribution is -0.125. The largest absolute Gasteiger partial charge is 0.355 e. The highest BCUT2D eigenvalue weighted by Gasteiger charge is 2.16. The Hall–Kier alpha value is -1.39. The van der Waals surface area contributed by atoms with Crippen molar-refractivity contribution in [2.24, 2.45) is 0 Å². The molecule has 0 saturated heterocycles. The Bertz CT molecular complexity index is 301. The van der Waals surface area contributed by atoms with Gasteiger partial charge in [0.2, 0.25) is 5.91 Å². The van der Waals surface area contributed by atoms with Crippen LogP contribution in [0.15, 0.2) is 30.3 Å². The zero-order valence-electron chi connectivity index (χ0n) is 8.73. The molecule has 0 saturated carbocycles. The number of amides is 1. The number of hydroxylamine groups is 1. The van der Waals surface area contributed by atoms with Gasteiger partial charge in [0, 0.05) is 6.54 Å². The molecule has 1 aromatic carbocycles. The summed E-state index contributed by atoms with van der Waals surface area (Å²) in [6, 6.07) is 8.97. The average Bonchev–Trinajstić information content (AvgIpc) is 2.27. The maximum absolute atomic E-state index is 11.4. The summed E-state index contributed by atoms with van der Waals surface area (Å²) >= 11 is 0. The molecule has 4 heteroatoms. The molecule has 0 spiro atoms. The highest BCUT2D eigenvalue weighted by atomic mass is 16.5. The Labute approximate surface area is 89.3 Å². The molecule has 1 rings (SSSR count). The quantitative estimate of drug-likeness (QED) is 0.625. The maximum atomic E-state index is 11.4. The Morgan fingerprint density at radius 1 is 1.40 bits per heavy atom. The van der Waals surface area contributed by atoms with E-state index in [1.807, 2.05) is 42.7 Å². The second kappa shape index (κ2) is 6.16. The minimum Gasteiger partial charge on any atom is -0.355 e. The van der Waals surface area contributed by atoms with Gasteiger partial charge in [-0.2, -0.15) is 5.48 Å². The molecule has 0 aliphatic rings. The Morgan fingerprint density at radius 3 is 2.60 bits per heavy atom. The van der Waals surface area contributed by atoms with Crippen molar-refractivity contribution in [2.45, 2.75) is 19.4 Å². The topological polar surface area (TPSA) is 61.4 Å². The van der Waals surface area contributed by atoms with E-state index >= 15 is 0 Å². The van der Waals surface area contributed by atoms with Gasteiger partial charge in [-0.15, -0.1) is 0 Å². The van der Waals surface area contributed by atoms with Crippen molar-refractivity contribution in [1.82, 2.24) is 10.8 Å².